The number of piperazine rings is 1. The van der Waals surface area contributed by atoms with Crippen molar-refractivity contribution in [1.82, 2.24) is 14.4 Å². The Balaban J connectivity index is 2.13. The van der Waals surface area contributed by atoms with Crippen molar-refractivity contribution < 1.29 is 9.53 Å². The van der Waals surface area contributed by atoms with Gasteiger partial charge in [-0.25, -0.2) is 0 Å². The van der Waals surface area contributed by atoms with Gasteiger partial charge in [0.05, 0.1) is 4.91 Å². The molecule has 2 saturated heterocycles. The molecule has 8 nitrogen and oxygen atoms in total. The largest absolute Gasteiger partial charge is 0.385 e. The molecule has 10 heteroatoms. The predicted molar refractivity (Wildman–Crippen MR) is 141 cm³/mol. The molecule has 0 aromatic carbocycles. The number of hydrogen-bond donors (Lipinski definition) is 0. The molecule has 0 N–H and O–H groups in total. The average Bonchev–Trinajstić information content (AvgIpc) is 3.08. The number of nitrogens with zero attached hydrogens (tertiary/aromatic N) is 5. The standard InChI is InChI=1S/C24H33N5O3S2/c1-5-6-8-28-21(27-12-10-26(3)11-13-27)18(17(2)19(16-25)22(28)30)15-20-23(31)29(24(33)34-20)9-7-14-32-4/h15H,5-14H2,1-4H3. The zero-order chi connectivity index (χ0) is 24.8. The molecular weight excluding hydrogens is 470 g/mol. The summed E-state index contributed by atoms with van der Waals surface area (Å²) in [5.41, 5.74) is 1.25. The smallest absolute Gasteiger partial charge is 0.270 e. The third-order valence-corrected chi connectivity index (χ3v) is 7.64. The highest BCUT2D eigenvalue weighted by Crippen LogP contribution is 2.36. The third kappa shape index (κ3) is 5.54. The molecule has 0 aliphatic carbocycles. The summed E-state index contributed by atoms with van der Waals surface area (Å²) in [4.78, 5) is 33.1. The van der Waals surface area contributed by atoms with Crippen LogP contribution in [0.2, 0.25) is 0 Å². The number of unbranched alkanes of at least 4 members (excludes halogenated alkanes) is 1. The first-order valence-corrected chi connectivity index (χ1v) is 12.9. The Morgan fingerprint density at radius 2 is 1.88 bits per heavy atom. The lowest BCUT2D eigenvalue weighted by Gasteiger charge is -2.36. The van der Waals surface area contributed by atoms with Crippen LogP contribution in [0.5, 0.6) is 0 Å². The summed E-state index contributed by atoms with van der Waals surface area (Å²) in [6.45, 7) is 8.76. The number of ether oxygens (including phenoxy) is 1. The van der Waals surface area contributed by atoms with Gasteiger partial charge in [-0.2, -0.15) is 5.26 Å². The highest BCUT2D eigenvalue weighted by molar-refractivity contribution is 8.26. The number of pyridine rings is 1. The van der Waals surface area contributed by atoms with Gasteiger partial charge in [-0.1, -0.05) is 37.3 Å². The fourth-order valence-electron chi connectivity index (χ4n) is 4.22. The lowest BCUT2D eigenvalue weighted by Crippen LogP contribution is -2.47. The minimum absolute atomic E-state index is 0.135. The number of thioether (sulfide) groups is 1. The maximum Gasteiger partial charge on any atom is 0.270 e. The summed E-state index contributed by atoms with van der Waals surface area (Å²) < 4.78 is 7.37. The second-order valence-corrected chi connectivity index (χ2v) is 10.3. The highest BCUT2D eigenvalue weighted by Gasteiger charge is 2.33. The van der Waals surface area contributed by atoms with E-state index in [1.807, 2.05) is 6.08 Å². The van der Waals surface area contributed by atoms with Gasteiger partial charge >= 0.3 is 0 Å². The van der Waals surface area contributed by atoms with Crippen LogP contribution in [0.1, 0.15) is 42.9 Å². The van der Waals surface area contributed by atoms with Crippen LogP contribution in [0.25, 0.3) is 6.08 Å². The van der Waals surface area contributed by atoms with Crippen molar-refractivity contribution in [1.29, 1.82) is 5.26 Å². The van der Waals surface area contributed by atoms with Gasteiger partial charge in [0.15, 0.2) is 0 Å². The summed E-state index contributed by atoms with van der Waals surface area (Å²) in [7, 11) is 3.72. The highest BCUT2D eigenvalue weighted by atomic mass is 32.2. The molecule has 184 valence electrons. The predicted octanol–water partition coefficient (Wildman–Crippen LogP) is 2.82. The number of carbonyl (C=O) groups is 1. The first kappa shape index (κ1) is 26.4. The van der Waals surface area contributed by atoms with Crippen LogP contribution in [-0.2, 0) is 16.1 Å². The van der Waals surface area contributed by atoms with E-state index >= 15 is 0 Å². The summed E-state index contributed by atoms with van der Waals surface area (Å²) in [6.07, 6.45) is 4.29. The Labute approximate surface area is 211 Å². The van der Waals surface area contributed by atoms with Gasteiger partial charge in [-0.3, -0.25) is 19.1 Å². The van der Waals surface area contributed by atoms with Crippen LogP contribution in [-0.4, -0.2) is 78.1 Å². The van der Waals surface area contributed by atoms with Crippen molar-refractivity contribution in [2.24, 2.45) is 0 Å². The van der Waals surface area contributed by atoms with E-state index in [2.05, 4.69) is 29.8 Å². The van der Waals surface area contributed by atoms with E-state index in [1.165, 1.54) is 11.8 Å². The van der Waals surface area contributed by atoms with Gasteiger partial charge in [-0.15, -0.1) is 0 Å². The molecule has 34 heavy (non-hydrogen) atoms. The molecule has 0 radical (unpaired) electrons. The fourth-order valence-corrected chi connectivity index (χ4v) is 5.51. The van der Waals surface area contributed by atoms with E-state index in [0.717, 1.165) is 50.4 Å². The molecule has 0 unspecified atom stereocenters. The molecule has 0 atom stereocenters. The zero-order valence-electron chi connectivity index (χ0n) is 20.4. The number of amides is 1. The van der Waals surface area contributed by atoms with E-state index in [0.29, 0.717) is 40.9 Å². The van der Waals surface area contributed by atoms with Crippen molar-refractivity contribution >= 4 is 46.1 Å². The minimum Gasteiger partial charge on any atom is -0.385 e. The molecule has 3 heterocycles. The van der Waals surface area contributed by atoms with Crippen molar-refractivity contribution in [3.05, 3.63) is 31.9 Å². The van der Waals surface area contributed by atoms with E-state index in [4.69, 9.17) is 17.0 Å². The number of anilines is 1. The second-order valence-electron chi connectivity index (χ2n) is 8.63. The topological polar surface area (TPSA) is 81.8 Å². The van der Waals surface area contributed by atoms with Crippen LogP contribution in [0.4, 0.5) is 5.82 Å². The molecule has 0 saturated carbocycles. The van der Waals surface area contributed by atoms with E-state index in [-0.39, 0.29) is 17.0 Å². The Morgan fingerprint density at radius 3 is 2.50 bits per heavy atom. The first-order valence-electron chi connectivity index (χ1n) is 11.7. The number of nitriles is 1. The second kappa shape index (κ2) is 12.0. The van der Waals surface area contributed by atoms with Crippen molar-refractivity contribution in [3.8, 4) is 6.07 Å². The summed E-state index contributed by atoms with van der Waals surface area (Å²) >= 11 is 6.75. The van der Waals surface area contributed by atoms with Crippen LogP contribution >= 0.6 is 24.0 Å². The van der Waals surface area contributed by atoms with Gasteiger partial charge in [-0.05, 0) is 38.5 Å². The maximum absolute atomic E-state index is 13.3. The lowest BCUT2D eigenvalue weighted by atomic mass is 10.0. The lowest BCUT2D eigenvalue weighted by molar-refractivity contribution is -0.122. The Kier molecular flexibility index (Phi) is 9.31. The Bertz CT molecular complexity index is 1070. The van der Waals surface area contributed by atoms with E-state index in [1.54, 1.807) is 23.5 Å². The van der Waals surface area contributed by atoms with E-state index < -0.39 is 0 Å². The molecule has 0 spiro atoms. The first-order chi connectivity index (χ1) is 16.3. The van der Waals surface area contributed by atoms with Crippen LogP contribution in [0.3, 0.4) is 0 Å². The molecule has 1 amide bonds. The van der Waals surface area contributed by atoms with Gasteiger partial charge in [0, 0.05) is 58.5 Å². The molecule has 3 rings (SSSR count). The average molecular weight is 504 g/mol. The Hall–Kier alpha value is -2.19. The van der Waals surface area contributed by atoms with E-state index in [9.17, 15) is 14.9 Å². The number of aromatic nitrogens is 1. The monoisotopic (exact) mass is 503 g/mol. The SMILES string of the molecule is CCCCn1c(N2CCN(C)CC2)c(C=C2SC(=S)N(CCCOC)C2=O)c(C)c(C#N)c1=O. The van der Waals surface area contributed by atoms with Crippen molar-refractivity contribution in [2.75, 3.05) is 58.4 Å². The molecule has 2 aliphatic heterocycles. The molecule has 2 fully saturated rings. The van der Waals surface area contributed by atoms with Crippen LogP contribution < -0.4 is 10.5 Å². The van der Waals surface area contributed by atoms with Crippen LogP contribution in [0, 0.1) is 18.3 Å². The minimum atomic E-state index is -0.258. The quantitative estimate of drug-likeness (QED) is 0.289. The summed E-state index contributed by atoms with van der Waals surface area (Å²) in [6, 6.07) is 2.11. The summed E-state index contributed by atoms with van der Waals surface area (Å²) in [5.74, 6) is 0.660. The number of carbonyl (C=O) groups excluding carboxylic acids is 1. The summed E-state index contributed by atoms with van der Waals surface area (Å²) in [5, 5.41) is 9.81. The number of hydrogen-bond acceptors (Lipinski definition) is 8. The normalized spacial score (nSPS) is 18.3. The fraction of sp³-hybridized carbons (Fsp3) is 0.583. The van der Waals surface area contributed by atoms with Gasteiger partial charge in [0.1, 0.15) is 21.8 Å². The molecule has 0 bridgehead atoms. The van der Waals surface area contributed by atoms with Crippen molar-refractivity contribution in [2.45, 2.75) is 39.7 Å². The molecular formula is C24H33N5O3S2. The third-order valence-electron chi connectivity index (χ3n) is 6.26. The number of methoxy groups -OCH3 is 1. The molecule has 1 aromatic rings. The van der Waals surface area contributed by atoms with Gasteiger partial charge < -0.3 is 14.5 Å². The number of rotatable bonds is 9. The van der Waals surface area contributed by atoms with Gasteiger partial charge in [0.25, 0.3) is 11.5 Å². The molecule has 2 aliphatic rings. The molecule has 1 aromatic heterocycles. The van der Waals surface area contributed by atoms with Crippen molar-refractivity contribution in [3.63, 3.8) is 0 Å². The number of likely N-dealkylation sites (N-methyl/N-ethyl adjacent to an activating group) is 1. The van der Waals surface area contributed by atoms with Crippen LogP contribution in [0.15, 0.2) is 9.70 Å². The van der Waals surface area contributed by atoms with Gasteiger partial charge in [0.2, 0.25) is 0 Å². The maximum atomic E-state index is 13.3. The zero-order valence-corrected chi connectivity index (χ0v) is 22.1. The Morgan fingerprint density at radius 1 is 1.18 bits per heavy atom. The number of thiocarbonyl (C=S) groups is 1.